The number of hydrogen-bond donors (Lipinski definition) is 1. The fraction of sp³-hybridized carbons (Fsp3) is 0.615. The van der Waals surface area contributed by atoms with Gasteiger partial charge in [0.15, 0.2) is 5.13 Å². The number of nitrogens with one attached hydrogen (secondary N) is 1. The van der Waals surface area contributed by atoms with E-state index in [1.165, 1.54) is 11.3 Å². The topological polar surface area (TPSA) is 65.5 Å². The van der Waals surface area contributed by atoms with Crippen molar-refractivity contribution in [3.05, 3.63) is 11.1 Å². The van der Waals surface area contributed by atoms with Crippen molar-refractivity contribution in [1.82, 2.24) is 14.8 Å². The number of thiazole rings is 1. The Morgan fingerprint density at radius 1 is 1.45 bits per heavy atom. The average molecular weight is 296 g/mol. The van der Waals surface area contributed by atoms with Gasteiger partial charge in [-0.1, -0.05) is 0 Å². The van der Waals surface area contributed by atoms with Gasteiger partial charge in [0.25, 0.3) is 0 Å². The Morgan fingerprint density at radius 2 is 2.10 bits per heavy atom. The molecule has 1 fully saturated rings. The van der Waals surface area contributed by atoms with Gasteiger partial charge in [0.05, 0.1) is 5.69 Å². The molecule has 0 atom stereocenters. The first-order valence-corrected chi connectivity index (χ1v) is 7.54. The predicted octanol–water partition coefficient (Wildman–Crippen LogP) is 0.943. The normalized spacial score (nSPS) is 16.9. The van der Waals surface area contributed by atoms with Gasteiger partial charge in [-0.25, -0.2) is 4.98 Å². The molecule has 7 heteroatoms. The molecule has 20 heavy (non-hydrogen) atoms. The van der Waals surface area contributed by atoms with E-state index in [4.69, 9.17) is 0 Å². The SMILES string of the molecule is Cc1csc(NC(=O)C(=O)N(C)C2CCN(C)CC2)n1. The highest BCUT2D eigenvalue weighted by Gasteiger charge is 2.28. The first kappa shape index (κ1) is 14.9. The van der Waals surface area contributed by atoms with Gasteiger partial charge in [0.1, 0.15) is 0 Å². The van der Waals surface area contributed by atoms with Crippen LogP contribution in [0.3, 0.4) is 0 Å². The van der Waals surface area contributed by atoms with Crippen LogP contribution in [0.4, 0.5) is 5.13 Å². The Labute approximate surface area is 122 Å². The molecule has 1 aliphatic rings. The molecule has 0 unspecified atom stereocenters. The van der Waals surface area contributed by atoms with E-state index in [2.05, 4.69) is 22.2 Å². The standard InChI is InChI=1S/C13H20N4O2S/c1-9-8-20-13(14-9)15-11(18)12(19)17(3)10-4-6-16(2)7-5-10/h8,10H,4-7H2,1-3H3,(H,14,15,18). The molecular weight excluding hydrogens is 276 g/mol. The molecule has 2 rings (SSSR count). The number of rotatable bonds is 2. The van der Waals surface area contributed by atoms with E-state index in [1.54, 1.807) is 11.9 Å². The van der Waals surface area contributed by atoms with E-state index in [-0.39, 0.29) is 6.04 Å². The number of carbonyl (C=O) groups is 2. The van der Waals surface area contributed by atoms with Gasteiger partial charge >= 0.3 is 11.8 Å². The Hall–Kier alpha value is -1.47. The highest BCUT2D eigenvalue weighted by atomic mass is 32.1. The summed E-state index contributed by atoms with van der Waals surface area (Å²) in [5, 5.41) is 4.86. The molecular formula is C13H20N4O2S. The van der Waals surface area contributed by atoms with Gasteiger partial charge in [-0.3, -0.25) is 14.9 Å². The van der Waals surface area contributed by atoms with Crippen molar-refractivity contribution in [2.45, 2.75) is 25.8 Å². The minimum atomic E-state index is -0.610. The van der Waals surface area contributed by atoms with Gasteiger partial charge in [-0.15, -0.1) is 11.3 Å². The summed E-state index contributed by atoms with van der Waals surface area (Å²) < 4.78 is 0. The quantitative estimate of drug-likeness (QED) is 0.825. The molecule has 1 saturated heterocycles. The second kappa shape index (κ2) is 6.32. The fourth-order valence-corrected chi connectivity index (χ4v) is 2.95. The van der Waals surface area contributed by atoms with Gasteiger partial charge in [-0.05, 0) is 39.9 Å². The van der Waals surface area contributed by atoms with Crippen molar-refractivity contribution < 1.29 is 9.59 Å². The molecule has 1 aromatic heterocycles. The number of piperidine rings is 1. The van der Waals surface area contributed by atoms with E-state index in [9.17, 15) is 9.59 Å². The van der Waals surface area contributed by atoms with Crippen LogP contribution in [0.5, 0.6) is 0 Å². The Bertz CT molecular complexity index is 494. The molecule has 0 saturated carbocycles. The lowest BCUT2D eigenvalue weighted by atomic mass is 10.0. The molecule has 110 valence electrons. The zero-order chi connectivity index (χ0) is 14.7. The minimum Gasteiger partial charge on any atom is -0.334 e. The summed E-state index contributed by atoms with van der Waals surface area (Å²) >= 11 is 1.32. The molecule has 0 bridgehead atoms. The number of aromatic nitrogens is 1. The van der Waals surface area contributed by atoms with Gasteiger partial charge in [0.2, 0.25) is 0 Å². The van der Waals surface area contributed by atoms with Crippen LogP contribution >= 0.6 is 11.3 Å². The predicted molar refractivity (Wildman–Crippen MR) is 78.8 cm³/mol. The second-order valence-electron chi connectivity index (χ2n) is 5.20. The maximum atomic E-state index is 12.1. The molecule has 1 aromatic rings. The molecule has 6 nitrogen and oxygen atoms in total. The second-order valence-corrected chi connectivity index (χ2v) is 6.06. The Balaban J connectivity index is 1.91. The third-order valence-corrected chi connectivity index (χ3v) is 4.47. The number of aryl methyl sites for hydroxylation is 1. The van der Waals surface area contributed by atoms with E-state index in [0.717, 1.165) is 31.6 Å². The van der Waals surface area contributed by atoms with Gasteiger partial charge < -0.3 is 9.80 Å². The molecule has 0 spiro atoms. The van der Waals surface area contributed by atoms with Gasteiger partial charge in [0, 0.05) is 18.5 Å². The van der Waals surface area contributed by atoms with E-state index < -0.39 is 11.8 Å². The van der Waals surface area contributed by atoms with Crippen molar-refractivity contribution in [3.8, 4) is 0 Å². The lowest BCUT2D eigenvalue weighted by Crippen LogP contribution is -2.47. The van der Waals surface area contributed by atoms with E-state index >= 15 is 0 Å². The highest BCUT2D eigenvalue weighted by molar-refractivity contribution is 7.14. The zero-order valence-electron chi connectivity index (χ0n) is 12.0. The van der Waals surface area contributed by atoms with Crippen LogP contribution in [0.2, 0.25) is 0 Å². The number of hydrogen-bond acceptors (Lipinski definition) is 5. The van der Waals surface area contributed by atoms with E-state index in [1.807, 2.05) is 12.3 Å². The van der Waals surface area contributed by atoms with Crippen LogP contribution in [-0.2, 0) is 9.59 Å². The minimum absolute atomic E-state index is 0.141. The number of likely N-dealkylation sites (tertiary alicyclic amines) is 1. The van der Waals surface area contributed by atoms with Crippen LogP contribution in [0.25, 0.3) is 0 Å². The molecule has 0 aromatic carbocycles. The van der Waals surface area contributed by atoms with Crippen LogP contribution < -0.4 is 5.32 Å². The van der Waals surface area contributed by atoms with Crippen molar-refractivity contribution in [1.29, 1.82) is 0 Å². The molecule has 0 radical (unpaired) electrons. The number of anilines is 1. The summed E-state index contributed by atoms with van der Waals surface area (Å²) in [6.07, 6.45) is 1.81. The number of carbonyl (C=O) groups excluding carboxylic acids is 2. The Morgan fingerprint density at radius 3 is 2.65 bits per heavy atom. The summed E-state index contributed by atoms with van der Waals surface area (Å²) in [5.41, 5.74) is 0.835. The molecule has 1 N–H and O–H groups in total. The third kappa shape index (κ3) is 3.55. The van der Waals surface area contributed by atoms with Crippen LogP contribution in [-0.4, -0.2) is 59.8 Å². The Kier molecular flexibility index (Phi) is 4.72. The smallest absolute Gasteiger partial charge is 0.315 e. The molecule has 2 heterocycles. The maximum absolute atomic E-state index is 12.1. The molecule has 0 aliphatic carbocycles. The van der Waals surface area contributed by atoms with Crippen molar-refractivity contribution in [2.75, 3.05) is 32.5 Å². The first-order chi connectivity index (χ1) is 9.47. The van der Waals surface area contributed by atoms with Crippen molar-refractivity contribution in [3.63, 3.8) is 0 Å². The molecule has 2 amide bonds. The molecule has 1 aliphatic heterocycles. The zero-order valence-corrected chi connectivity index (χ0v) is 12.9. The van der Waals surface area contributed by atoms with Crippen molar-refractivity contribution >= 4 is 28.3 Å². The summed E-state index contributed by atoms with van der Waals surface area (Å²) in [6.45, 7) is 3.75. The highest BCUT2D eigenvalue weighted by Crippen LogP contribution is 2.16. The summed E-state index contributed by atoms with van der Waals surface area (Å²) in [6, 6.07) is 0.141. The summed E-state index contributed by atoms with van der Waals surface area (Å²) in [7, 11) is 3.76. The van der Waals surface area contributed by atoms with Crippen LogP contribution in [0.1, 0.15) is 18.5 Å². The first-order valence-electron chi connectivity index (χ1n) is 6.66. The summed E-state index contributed by atoms with van der Waals surface area (Å²) in [5.74, 6) is -1.10. The summed E-state index contributed by atoms with van der Waals surface area (Å²) in [4.78, 5) is 31.9. The lowest BCUT2D eigenvalue weighted by Gasteiger charge is -2.34. The monoisotopic (exact) mass is 296 g/mol. The lowest BCUT2D eigenvalue weighted by molar-refractivity contribution is -0.144. The maximum Gasteiger partial charge on any atom is 0.315 e. The number of amides is 2. The fourth-order valence-electron chi connectivity index (χ4n) is 2.27. The third-order valence-electron chi connectivity index (χ3n) is 3.59. The number of nitrogens with zero attached hydrogens (tertiary/aromatic N) is 3. The van der Waals surface area contributed by atoms with E-state index in [0.29, 0.717) is 5.13 Å². The van der Waals surface area contributed by atoms with Crippen LogP contribution in [0, 0.1) is 6.92 Å². The largest absolute Gasteiger partial charge is 0.334 e. The number of likely N-dealkylation sites (N-methyl/N-ethyl adjacent to an activating group) is 1. The van der Waals surface area contributed by atoms with Gasteiger partial charge in [-0.2, -0.15) is 0 Å². The van der Waals surface area contributed by atoms with Crippen LogP contribution in [0.15, 0.2) is 5.38 Å². The average Bonchev–Trinajstić information content (AvgIpc) is 2.83. The van der Waals surface area contributed by atoms with Crippen molar-refractivity contribution in [2.24, 2.45) is 0 Å².